The van der Waals surface area contributed by atoms with Crippen LogP contribution in [-0.4, -0.2) is 25.8 Å². The van der Waals surface area contributed by atoms with E-state index in [1.54, 1.807) is 12.1 Å². The van der Waals surface area contributed by atoms with Gasteiger partial charge in [0.15, 0.2) is 0 Å². The first-order valence-corrected chi connectivity index (χ1v) is 6.93. The fourth-order valence-corrected chi connectivity index (χ4v) is 2.65. The van der Waals surface area contributed by atoms with Crippen molar-refractivity contribution in [3.8, 4) is 6.07 Å². The Balaban J connectivity index is 2.30. The van der Waals surface area contributed by atoms with Gasteiger partial charge in [-0.3, -0.25) is 0 Å². The number of ether oxygens (including phenoxy) is 1. The molecule has 1 fully saturated rings. The summed E-state index contributed by atoms with van der Waals surface area (Å²) in [5, 5.41) is 8.82. The Bertz CT molecular complexity index is 537. The Morgan fingerprint density at radius 1 is 1.43 bits per heavy atom. The highest BCUT2D eigenvalue weighted by Gasteiger charge is 2.35. The summed E-state index contributed by atoms with van der Waals surface area (Å²) in [6.07, 6.45) is -2.68. The third-order valence-corrected chi connectivity index (χ3v) is 3.65. The number of hydrogen-bond donors (Lipinski definition) is 0. The molecule has 0 unspecified atom stereocenters. The zero-order valence-electron chi connectivity index (χ0n) is 11.8. The van der Waals surface area contributed by atoms with Crippen molar-refractivity contribution in [1.29, 1.82) is 5.26 Å². The summed E-state index contributed by atoms with van der Waals surface area (Å²) in [6.45, 7) is 3.70. The van der Waals surface area contributed by atoms with E-state index in [1.165, 1.54) is 6.07 Å². The second-order valence-electron chi connectivity index (χ2n) is 4.99. The lowest BCUT2D eigenvalue weighted by Crippen LogP contribution is -2.33. The van der Waals surface area contributed by atoms with Gasteiger partial charge in [0.25, 0.3) is 0 Å². The normalized spacial score (nSPS) is 18.8. The van der Waals surface area contributed by atoms with Gasteiger partial charge in [-0.2, -0.15) is 18.4 Å². The molecule has 0 spiro atoms. The smallest absolute Gasteiger partial charge is 0.380 e. The molecular formula is C15H17F3N2O. The first kappa shape index (κ1) is 15.6. The van der Waals surface area contributed by atoms with E-state index in [-0.39, 0.29) is 11.6 Å². The molecule has 0 aliphatic carbocycles. The molecule has 1 aliphatic heterocycles. The first-order valence-electron chi connectivity index (χ1n) is 6.93. The van der Waals surface area contributed by atoms with Gasteiger partial charge < -0.3 is 9.64 Å². The number of alkyl halides is 3. The minimum atomic E-state index is -4.52. The highest BCUT2D eigenvalue weighted by molar-refractivity contribution is 5.56. The molecule has 21 heavy (non-hydrogen) atoms. The number of nitrogens with zero attached hydrogens (tertiary/aromatic N) is 2. The summed E-state index contributed by atoms with van der Waals surface area (Å²) in [7, 11) is 0. The van der Waals surface area contributed by atoms with E-state index in [0.29, 0.717) is 25.4 Å². The Kier molecular flexibility index (Phi) is 4.73. The summed E-state index contributed by atoms with van der Waals surface area (Å²) in [4.78, 5) is 1.94. The lowest BCUT2D eigenvalue weighted by Gasteiger charge is -2.27. The third kappa shape index (κ3) is 3.48. The van der Waals surface area contributed by atoms with Gasteiger partial charge in [0, 0.05) is 18.8 Å². The van der Waals surface area contributed by atoms with E-state index in [2.05, 4.69) is 0 Å². The molecule has 0 aromatic heterocycles. The summed E-state index contributed by atoms with van der Waals surface area (Å²) in [5.41, 5.74) is -0.708. The molecule has 0 amide bonds. The van der Waals surface area contributed by atoms with Gasteiger partial charge in [-0.1, -0.05) is 0 Å². The predicted octanol–water partition coefficient (Wildman–Crippen LogP) is 3.58. The molecule has 2 rings (SSSR count). The van der Waals surface area contributed by atoms with Crippen LogP contribution >= 0.6 is 0 Å². The molecule has 0 saturated carbocycles. The van der Waals surface area contributed by atoms with Crippen LogP contribution in [0.1, 0.15) is 30.9 Å². The van der Waals surface area contributed by atoms with Crippen molar-refractivity contribution in [3.63, 3.8) is 0 Å². The quantitative estimate of drug-likeness (QED) is 0.852. The van der Waals surface area contributed by atoms with Crippen LogP contribution in [0.25, 0.3) is 0 Å². The van der Waals surface area contributed by atoms with Gasteiger partial charge in [-0.15, -0.1) is 0 Å². The van der Waals surface area contributed by atoms with Crippen LogP contribution in [0.3, 0.4) is 0 Å². The number of benzene rings is 1. The minimum Gasteiger partial charge on any atom is -0.380 e. The van der Waals surface area contributed by atoms with Crippen molar-refractivity contribution in [3.05, 3.63) is 29.3 Å². The van der Waals surface area contributed by atoms with Gasteiger partial charge in [0.05, 0.1) is 29.8 Å². The van der Waals surface area contributed by atoms with E-state index < -0.39 is 11.7 Å². The lowest BCUT2D eigenvalue weighted by molar-refractivity contribution is -0.137. The van der Waals surface area contributed by atoms with Crippen LogP contribution in [-0.2, 0) is 10.9 Å². The summed E-state index contributed by atoms with van der Waals surface area (Å²) < 4.78 is 44.4. The van der Waals surface area contributed by atoms with Gasteiger partial charge in [-0.25, -0.2) is 0 Å². The summed E-state index contributed by atoms with van der Waals surface area (Å²) in [6, 6.07) is 5.60. The monoisotopic (exact) mass is 298 g/mol. The second kappa shape index (κ2) is 6.35. The van der Waals surface area contributed by atoms with Crippen molar-refractivity contribution in [1.82, 2.24) is 0 Å². The zero-order chi connectivity index (χ0) is 15.5. The highest BCUT2D eigenvalue weighted by atomic mass is 19.4. The maximum atomic E-state index is 13.0. The molecule has 114 valence electrons. The third-order valence-electron chi connectivity index (χ3n) is 3.65. The van der Waals surface area contributed by atoms with E-state index in [0.717, 1.165) is 18.9 Å². The number of halogens is 3. The van der Waals surface area contributed by atoms with Crippen molar-refractivity contribution in [2.45, 2.75) is 32.0 Å². The van der Waals surface area contributed by atoms with E-state index in [9.17, 15) is 13.2 Å². The average molecular weight is 298 g/mol. The number of rotatable bonds is 4. The summed E-state index contributed by atoms with van der Waals surface area (Å²) >= 11 is 0. The molecule has 1 aliphatic rings. The maximum Gasteiger partial charge on any atom is 0.417 e. The Morgan fingerprint density at radius 2 is 2.19 bits per heavy atom. The largest absolute Gasteiger partial charge is 0.417 e. The summed E-state index contributed by atoms with van der Waals surface area (Å²) in [5.74, 6) is 0. The molecule has 1 atom stereocenters. The van der Waals surface area contributed by atoms with Crippen LogP contribution in [0.5, 0.6) is 0 Å². The molecule has 0 bridgehead atoms. The van der Waals surface area contributed by atoms with Crippen LogP contribution in [0.4, 0.5) is 18.9 Å². The van der Waals surface area contributed by atoms with Crippen molar-refractivity contribution >= 4 is 5.69 Å². The molecule has 1 aromatic rings. The molecule has 6 heteroatoms. The number of nitriles is 1. The topological polar surface area (TPSA) is 36.3 Å². The van der Waals surface area contributed by atoms with Gasteiger partial charge in [0.1, 0.15) is 0 Å². The highest BCUT2D eigenvalue weighted by Crippen LogP contribution is 2.36. The molecule has 1 aromatic carbocycles. The van der Waals surface area contributed by atoms with E-state index in [4.69, 9.17) is 10.00 Å². The maximum absolute atomic E-state index is 13.0. The molecule has 1 heterocycles. The second-order valence-corrected chi connectivity index (χ2v) is 4.99. The Hall–Kier alpha value is -1.74. The van der Waals surface area contributed by atoms with Crippen molar-refractivity contribution in [2.24, 2.45) is 0 Å². The van der Waals surface area contributed by atoms with Gasteiger partial charge in [0.2, 0.25) is 0 Å². The molecule has 3 nitrogen and oxygen atoms in total. The van der Waals surface area contributed by atoms with E-state index in [1.807, 2.05) is 11.8 Å². The lowest BCUT2D eigenvalue weighted by atomic mass is 10.1. The van der Waals surface area contributed by atoms with Gasteiger partial charge >= 0.3 is 6.18 Å². The molecular weight excluding hydrogens is 281 g/mol. The van der Waals surface area contributed by atoms with Crippen LogP contribution in [0.15, 0.2) is 18.2 Å². The molecule has 0 N–H and O–H groups in total. The van der Waals surface area contributed by atoms with Crippen LogP contribution < -0.4 is 4.90 Å². The fourth-order valence-electron chi connectivity index (χ4n) is 2.65. The SMILES string of the molecule is CCOC[C@H]1CCCN1c1ccc(C#N)c(C(F)(F)F)c1. The Morgan fingerprint density at radius 3 is 2.81 bits per heavy atom. The van der Waals surface area contributed by atoms with Crippen LogP contribution in [0, 0.1) is 11.3 Å². The van der Waals surface area contributed by atoms with Crippen molar-refractivity contribution in [2.75, 3.05) is 24.7 Å². The van der Waals surface area contributed by atoms with Crippen LogP contribution in [0.2, 0.25) is 0 Å². The number of anilines is 1. The first-order chi connectivity index (χ1) is 9.97. The average Bonchev–Trinajstić information content (AvgIpc) is 2.91. The van der Waals surface area contributed by atoms with E-state index >= 15 is 0 Å². The van der Waals surface area contributed by atoms with Crippen molar-refractivity contribution < 1.29 is 17.9 Å². The predicted molar refractivity (Wildman–Crippen MR) is 73.0 cm³/mol. The standard InChI is InChI=1S/C15H17F3N2O/c1-2-21-10-13-4-3-7-20(13)12-6-5-11(9-19)14(8-12)15(16,17)18/h5-6,8,13H,2-4,7,10H2,1H3/t13-/m1/s1. The minimum absolute atomic E-state index is 0.0963. The molecule has 1 saturated heterocycles. The molecule has 0 radical (unpaired) electrons. The fraction of sp³-hybridized carbons (Fsp3) is 0.533. The van der Waals surface area contributed by atoms with Gasteiger partial charge in [-0.05, 0) is 38.0 Å². The Labute approximate surface area is 121 Å². The zero-order valence-corrected chi connectivity index (χ0v) is 11.8. The number of hydrogen-bond acceptors (Lipinski definition) is 3.